The lowest BCUT2D eigenvalue weighted by Gasteiger charge is -2.12. The van der Waals surface area contributed by atoms with Gasteiger partial charge in [0.15, 0.2) is 5.96 Å². The number of halogens is 1. The van der Waals surface area contributed by atoms with Crippen molar-refractivity contribution in [2.75, 3.05) is 13.6 Å². The molecule has 2 aromatic carbocycles. The summed E-state index contributed by atoms with van der Waals surface area (Å²) in [5.41, 5.74) is 5.24. The van der Waals surface area contributed by atoms with Crippen molar-refractivity contribution in [3.05, 3.63) is 71.9 Å². The van der Waals surface area contributed by atoms with Crippen LogP contribution < -0.4 is 10.6 Å². The fourth-order valence-electron chi connectivity index (χ4n) is 3.53. The lowest BCUT2D eigenvalue weighted by molar-refractivity contribution is 0.572. The van der Waals surface area contributed by atoms with Crippen LogP contribution in [0.4, 0.5) is 0 Å². The Kier molecular flexibility index (Phi) is 8.26. The van der Waals surface area contributed by atoms with Crippen molar-refractivity contribution >= 4 is 41.0 Å². The topological polar surface area (TPSA) is 80.3 Å². The Balaban J connectivity index is 0.00000289. The fourth-order valence-corrected chi connectivity index (χ4v) is 3.53. The van der Waals surface area contributed by atoms with Gasteiger partial charge in [-0.25, -0.2) is 9.97 Å². The third-order valence-corrected chi connectivity index (χ3v) is 5.21. The first-order chi connectivity index (χ1) is 15.1. The first kappa shape index (κ1) is 23.8. The van der Waals surface area contributed by atoms with Gasteiger partial charge in [0.25, 0.3) is 0 Å². The summed E-state index contributed by atoms with van der Waals surface area (Å²) >= 11 is 0. The number of aryl methyl sites for hydroxylation is 3. The zero-order valence-electron chi connectivity index (χ0n) is 18.6. The number of nitrogens with zero attached hydrogens (tertiary/aromatic N) is 4. The van der Waals surface area contributed by atoms with Gasteiger partial charge in [0.05, 0.1) is 23.3 Å². The van der Waals surface area contributed by atoms with E-state index in [1.165, 1.54) is 11.1 Å². The molecule has 2 aromatic heterocycles. The van der Waals surface area contributed by atoms with E-state index in [1.54, 1.807) is 13.3 Å². The van der Waals surface area contributed by atoms with Crippen LogP contribution in [0.2, 0.25) is 0 Å². The van der Waals surface area contributed by atoms with Gasteiger partial charge in [0.2, 0.25) is 5.89 Å². The molecule has 0 aliphatic carbocycles. The fraction of sp³-hybridized carbons (Fsp3) is 0.292. The van der Waals surface area contributed by atoms with Gasteiger partial charge < -0.3 is 19.6 Å². The molecule has 4 aromatic rings. The maximum atomic E-state index is 5.62. The zero-order chi connectivity index (χ0) is 21.6. The second-order valence-electron chi connectivity index (χ2n) is 7.52. The molecule has 32 heavy (non-hydrogen) atoms. The summed E-state index contributed by atoms with van der Waals surface area (Å²) in [5, 5.41) is 6.65. The van der Waals surface area contributed by atoms with Crippen molar-refractivity contribution in [2.24, 2.45) is 4.99 Å². The molecule has 0 unspecified atom stereocenters. The van der Waals surface area contributed by atoms with Crippen LogP contribution in [0.1, 0.15) is 23.5 Å². The highest BCUT2D eigenvalue weighted by atomic mass is 127. The molecule has 0 spiro atoms. The number of para-hydroxylation sites is 2. The second-order valence-corrected chi connectivity index (χ2v) is 7.52. The number of aliphatic imine (C=N–C) groups is 1. The Bertz CT molecular complexity index is 1180. The summed E-state index contributed by atoms with van der Waals surface area (Å²) in [6, 6.07) is 16.4. The van der Waals surface area contributed by atoms with E-state index in [4.69, 9.17) is 4.42 Å². The molecule has 0 radical (unpaired) electrons. The Morgan fingerprint density at radius 1 is 1.03 bits per heavy atom. The number of hydrogen-bond acceptors (Lipinski definition) is 4. The van der Waals surface area contributed by atoms with Crippen molar-refractivity contribution < 1.29 is 4.42 Å². The highest BCUT2D eigenvalue weighted by Gasteiger charge is 2.08. The number of fused-ring (bicyclic) bond motifs is 1. The Hall–Kier alpha value is -2.88. The largest absolute Gasteiger partial charge is 0.444 e. The van der Waals surface area contributed by atoms with Crippen LogP contribution in [0.3, 0.4) is 0 Å². The molecular weight excluding hydrogens is 515 g/mol. The molecule has 2 N–H and O–H groups in total. The van der Waals surface area contributed by atoms with Crippen LogP contribution in [0, 0.1) is 13.8 Å². The van der Waals surface area contributed by atoms with Crippen molar-refractivity contribution in [3.63, 3.8) is 0 Å². The van der Waals surface area contributed by atoms with E-state index in [9.17, 15) is 0 Å². The highest BCUT2D eigenvalue weighted by molar-refractivity contribution is 14.0. The molecule has 7 nitrogen and oxygen atoms in total. The van der Waals surface area contributed by atoms with Gasteiger partial charge in [-0.1, -0.05) is 29.8 Å². The van der Waals surface area contributed by atoms with Gasteiger partial charge in [-0.3, -0.25) is 4.99 Å². The van der Waals surface area contributed by atoms with Crippen molar-refractivity contribution in [1.29, 1.82) is 0 Å². The Morgan fingerprint density at radius 2 is 1.81 bits per heavy atom. The van der Waals surface area contributed by atoms with E-state index in [0.29, 0.717) is 12.4 Å². The van der Waals surface area contributed by atoms with E-state index in [2.05, 4.69) is 74.3 Å². The average Bonchev–Trinajstić information content (AvgIpc) is 3.38. The summed E-state index contributed by atoms with van der Waals surface area (Å²) < 4.78 is 7.88. The molecule has 4 rings (SSSR count). The zero-order valence-corrected chi connectivity index (χ0v) is 21.0. The van der Waals surface area contributed by atoms with E-state index in [-0.39, 0.29) is 24.0 Å². The molecule has 0 saturated carbocycles. The lowest BCUT2D eigenvalue weighted by atomic mass is 10.1. The van der Waals surface area contributed by atoms with Crippen LogP contribution in [0.25, 0.3) is 22.5 Å². The molecule has 168 valence electrons. The van der Waals surface area contributed by atoms with Gasteiger partial charge in [-0.15, -0.1) is 24.0 Å². The lowest BCUT2D eigenvalue weighted by Crippen LogP contribution is -2.37. The first-order valence-corrected chi connectivity index (χ1v) is 10.5. The van der Waals surface area contributed by atoms with E-state index < -0.39 is 0 Å². The molecule has 0 atom stereocenters. The number of aromatic nitrogens is 3. The summed E-state index contributed by atoms with van der Waals surface area (Å²) in [6.45, 7) is 6.36. The van der Waals surface area contributed by atoms with Crippen molar-refractivity contribution in [1.82, 2.24) is 25.2 Å². The third kappa shape index (κ3) is 5.67. The number of rotatable bonds is 7. The number of oxazole rings is 1. The van der Waals surface area contributed by atoms with E-state index in [1.807, 2.05) is 18.2 Å². The monoisotopic (exact) mass is 544 g/mol. The highest BCUT2D eigenvalue weighted by Crippen LogP contribution is 2.19. The number of nitrogens with one attached hydrogen (secondary N) is 2. The van der Waals surface area contributed by atoms with Gasteiger partial charge in [-0.2, -0.15) is 0 Å². The maximum absolute atomic E-state index is 5.62. The number of imidazole rings is 1. The molecular formula is C24H29IN6O. The molecule has 0 bridgehead atoms. The predicted octanol–water partition coefficient (Wildman–Crippen LogP) is 4.68. The van der Waals surface area contributed by atoms with E-state index in [0.717, 1.165) is 48.1 Å². The van der Waals surface area contributed by atoms with Crippen LogP contribution in [0.5, 0.6) is 0 Å². The quantitative estimate of drug-likeness (QED) is 0.153. The van der Waals surface area contributed by atoms with Gasteiger partial charge in [-0.05, 0) is 44.5 Å². The molecule has 8 heteroatoms. The molecule has 0 amide bonds. The summed E-state index contributed by atoms with van der Waals surface area (Å²) in [5.74, 6) is 2.41. The molecule has 0 aliphatic rings. The standard InChI is InChI=1S/C24H28N6O.HI/c1-17-9-11-19(12-10-17)23-29-20(16-31-23)15-27-24(25-3)26-13-6-14-30-18(2)28-21-7-4-5-8-22(21)30;/h4-5,7-12,16H,6,13-15H2,1-3H3,(H2,25,26,27);1H. The van der Waals surface area contributed by atoms with Crippen LogP contribution in [-0.2, 0) is 13.1 Å². The minimum absolute atomic E-state index is 0. The van der Waals surface area contributed by atoms with Crippen LogP contribution in [-0.4, -0.2) is 34.1 Å². The van der Waals surface area contributed by atoms with Crippen LogP contribution >= 0.6 is 24.0 Å². The minimum Gasteiger partial charge on any atom is -0.444 e. The van der Waals surface area contributed by atoms with Crippen LogP contribution in [0.15, 0.2) is 64.2 Å². The Labute approximate surface area is 205 Å². The SMILES string of the molecule is CN=C(NCCCn1c(C)nc2ccccc21)NCc1coc(-c2ccc(C)cc2)n1.I. The number of hydrogen-bond donors (Lipinski definition) is 2. The van der Waals surface area contributed by atoms with Gasteiger partial charge >= 0.3 is 0 Å². The second kappa shape index (κ2) is 11.1. The Morgan fingerprint density at radius 3 is 2.59 bits per heavy atom. The molecule has 0 fully saturated rings. The van der Waals surface area contributed by atoms with Gasteiger partial charge in [0.1, 0.15) is 12.1 Å². The summed E-state index contributed by atoms with van der Waals surface area (Å²) in [7, 11) is 1.77. The molecule has 2 heterocycles. The number of benzene rings is 2. The first-order valence-electron chi connectivity index (χ1n) is 10.5. The number of guanidine groups is 1. The van der Waals surface area contributed by atoms with Crippen molar-refractivity contribution in [2.45, 2.75) is 33.4 Å². The smallest absolute Gasteiger partial charge is 0.226 e. The predicted molar refractivity (Wildman–Crippen MR) is 139 cm³/mol. The van der Waals surface area contributed by atoms with Crippen molar-refractivity contribution in [3.8, 4) is 11.5 Å². The normalized spacial score (nSPS) is 11.4. The maximum Gasteiger partial charge on any atom is 0.226 e. The third-order valence-electron chi connectivity index (χ3n) is 5.21. The van der Waals surface area contributed by atoms with E-state index >= 15 is 0 Å². The average molecular weight is 544 g/mol. The minimum atomic E-state index is 0. The summed E-state index contributed by atoms with van der Waals surface area (Å²) in [4.78, 5) is 13.5. The summed E-state index contributed by atoms with van der Waals surface area (Å²) in [6.07, 6.45) is 2.64. The molecule has 0 aliphatic heterocycles. The molecule has 0 saturated heterocycles. The van der Waals surface area contributed by atoms with Gasteiger partial charge in [0, 0.05) is 25.7 Å².